The van der Waals surface area contributed by atoms with E-state index >= 15 is 0 Å². The Hall–Kier alpha value is -1.75. The average molecular weight is 281 g/mol. The zero-order valence-electron chi connectivity index (χ0n) is 12.5. The lowest BCUT2D eigenvalue weighted by atomic mass is 10.0. The summed E-state index contributed by atoms with van der Waals surface area (Å²) in [6, 6.07) is 4.88. The predicted molar refractivity (Wildman–Crippen MR) is 77.2 cm³/mol. The number of phenols is 1. The van der Waals surface area contributed by atoms with Crippen molar-refractivity contribution in [1.82, 2.24) is 4.90 Å². The molecular weight excluding hydrogens is 258 g/mol. The van der Waals surface area contributed by atoms with Crippen molar-refractivity contribution >= 4 is 5.97 Å². The quantitative estimate of drug-likeness (QED) is 0.804. The molecule has 0 spiro atoms. The Morgan fingerprint density at radius 1 is 1.40 bits per heavy atom. The molecule has 1 rings (SSSR count). The average Bonchev–Trinajstić information content (AvgIpc) is 2.39. The third kappa shape index (κ3) is 3.87. The number of carbonyl (C=O) groups is 1. The molecule has 0 aliphatic heterocycles. The number of rotatable bonds is 7. The van der Waals surface area contributed by atoms with Crippen molar-refractivity contribution in [2.45, 2.75) is 39.3 Å². The van der Waals surface area contributed by atoms with E-state index in [9.17, 15) is 9.90 Å². The van der Waals surface area contributed by atoms with Gasteiger partial charge in [-0.1, -0.05) is 6.92 Å². The number of nitrogens with zero attached hydrogens (tertiary/aromatic N) is 1. The lowest BCUT2D eigenvalue weighted by molar-refractivity contribution is -0.138. The van der Waals surface area contributed by atoms with Crippen LogP contribution < -0.4 is 4.74 Å². The molecule has 0 aliphatic carbocycles. The SMILES string of the molecule is CCN(C(C)CC(=O)O)C(C)c1cc(OC)ccc1O. The van der Waals surface area contributed by atoms with E-state index in [2.05, 4.69) is 0 Å². The molecule has 0 saturated carbocycles. The molecule has 0 fully saturated rings. The van der Waals surface area contributed by atoms with Gasteiger partial charge in [0.25, 0.3) is 0 Å². The summed E-state index contributed by atoms with van der Waals surface area (Å²) in [6.45, 7) is 6.51. The molecule has 2 unspecified atom stereocenters. The fraction of sp³-hybridized carbons (Fsp3) is 0.533. The Bertz CT molecular complexity index is 461. The Morgan fingerprint density at radius 3 is 2.55 bits per heavy atom. The monoisotopic (exact) mass is 281 g/mol. The number of phenolic OH excluding ortho intramolecular Hbond substituents is 1. The number of benzene rings is 1. The summed E-state index contributed by atoms with van der Waals surface area (Å²) in [6.07, 6.45) is 0.0723. The lowest BCUT2D eigenvalue weighted by Gasteiger charge is -2.33. The summed E-state index contributed by atoms with van der Waals surface area (Å²) in [5.41, 5.74) is 0.739. The van der Waals surface area contributed by atoms with Crippen LogP contribution in [-0.4, -0.2) is 40.8 Å². The highest BCUT2D eigenvalue weighted by Crippen LogP contribution is 2.32. The lowest BCUT2D eigenvalue weighted by Crippen LogP contribution is -2.36. The maximum atomic E-state index is 10.9. The molecule has 112 valence electrons. The minimum absolute atomic E-state index is 0.0723. The zero-order valence-corrected chi connectivity index (χ0v) is 12.5. The van der Waals surface area contributed by atoms with Gasteiger partial charge in [0.05, 0.1) is 13.5 Å². The molecule has 0 amide bonds. The number of hydrogen-bond donors (Lipinski definition) is 2. The van der Waals surface area contributed by atoms with Gasteiger partial charge in [0, 0.05) is 17.6 Å². The number of carboxylic acid groups (broad SMARTS) is 1. The zero-order chi connectivity index (χ0) is 15.3. The summed E-state index contributed by atoms with van der Waals surface area (Å²) in [5.74, 6) is 0.0453. The first kappa shape index (κ1) is 16.3. The van der Waals surface area contributed by atoms with Crippen molar-refractivity contribution in [2.75, 3.05) is 13.7 Å². The third-order valence-electron chi connectivity index (χ3n) is 3.58. The van der Waals surface area contributed by atoms with Crippen LogP contribution in [0.5, 0.6) is 11.5 Å². The highest BCUT2D eigenvalue weighted by molar-refractivity contribution is 5.67. The topological polar surface area (TPSA) is 70.0 Å². The highest BCUT2D eigenvalue weighted by atomic mass is 16.5. The van der Waals surface area contributed by atoms with Crippen LogP contribution in [0.3, 0.4) is 0 Å². The van der Waals surface area contributed by atoms with Gasteiger partial charge in [-0.25, -0.2) is 0 Å². The molecular formula is C15H23NO4. The van der Waals surface area contributed by atoms with Crippen LogP contribution in [0.2, 0.25) is 0 Å². The second-order valence-corrected chi connectivity index (χ2v) is 4.88. The Kier molecular flexibility index (Phi) is 5.82. The van der Waals surface area contributed by atoms with Gasteiger partial charge in [-0.2, -0.15) is 0 Å². The largest absolute Gasteiger partial charge is 0.508 e. The number of ether oxygens (including phenoxy) is 1. The van der Waals surface area contributed by atoms with Crippen molar-refractivity contribution in [1.29, 1.82) is 0 Å². The molecule has 5 nitrogen and oxygen atoms in total. The van der Waals surface area contributed by atoms with E-state index in [4.69, 9.17) is 9.84 Å². The van der Waals surface area contributed by atoms with Gasteiger partial charge in [-0.05, 0) is 38.6 Å². The number of hydrogen-bond acceptors (Lipinski definition) is 4. The normalized spacial score (nSPS) is 14.1. The summed E-state index contributed by atoms with van der Waals surface area (Å²) in [5, 5.41) is 18.9. The maximum absolute atomic E-state index is 10.9. The van der Waals surface area contributed by atoms with Gasteiger partial charge < -0.3 is 14.9 Å². The standard InChI is InChI=1S/C15H23NO4/c1-5-16(10(2)8-15(18)19)11(3)13-9-12(20-4)6-7-14(13)17/h6-7,9-11,17H,5,8H2,1-4H3,(H,18,19). The fourth-order valence-electron chi connectivity index (χ4n) is 2.51. The van der Waals surface area contributed by atoms with E-state index in [1.165, 1.54) is 0 Å². The van der Waals surface area contributed by atoms with Crippen molar-refractivity contribution in [3.05, 3.63) is 23.8 Å². The van der Waals surface area contributed by atoms with Gasteiger partial charge in [0.2, 0.25) is 0 Å². The van der Waals surface area contributed by atoms with Crippen LogP contribution in [0.4, 0.5) is 0 Å². The molecule has 0 aromatic heterocycles. The van der Waals surface area contributed by atoms with Gasteiger partial charge in [-0.3, -0.25) is 9.69 Å². The van der Waals surface area contributed by atoms with Crippen molar-refractivity contribution in [3.63, 3.8) is 0 Å². The first-order valence-corrected chi connectivity index (χ1v) is 6.75. The van der Waals surface area contributed by atoms with Crippen LogP contribution in [-0.2, 0) is 4.79 Å². The Labute approximate surface area is 119 Å². The molecule has 0 radical (unpaired) electrons. The summed E-state index contributed by atoms with van der Waals surface area (Å²) in [4.78, 5) is 12.9. The van der Waals surface area contributed by atoms with Gasteiger partial charge >= 0.3 is 5.97 Å². The molecule has 5 heteroatoms. The summed E-state index contributed by atoms with van der Waals surface area (Å²) >= 11 is 0. The minimum Gasteiger partial charge on any atom is -0.508 e. The third-order valence-corrected chi connectivity index (χ3v) is 3.58. The molecule has 1 aromatic carbocycles. The van der Waals surface area contributed by atoms with Crippen molar-refractivity contribution < 1.29 is 19.7 Å². The van der Waals surface area contributed by atoms with E-state index in [0.29, 0.717) is 12.3 Å². The van der Waals surface area contributed by atoms with Crippen molar-refractivity contribution in [2.24, 2.45) is 0 Å². The molecule has 20 heavy (non-hydrogen) atoms. The highest BCUT2D eigenvalue weighted by Gasteiger charge is 2.24. The molecule has 0 saturated heterocycles. The van der Waals surface area contributed by atoms with E-state index < -0.39 is 5.97 Å². The summed E-state index contributed by atoms with van der Waals surface area (Å²) < 4.78 is 5.17. The fourth-order valence-corrected chi connectivity index (χ4v) is 2.51. The van der Waals surface area contributed by atoms with Crippen LogP contribution in [0.25, 0.3) is 0 Å². The van der Waals surface area contributed by atoms with E-state index in [0.717, 1.165) is 5.56 Å². The molecule has 0 heterocycles. The van der Waals surface area contributed by atoms with E-state index in [1.54, 1.807) is 25.3 Å². The van der Waals surface area contributed by atoms with Crippen LogP contribution in [0, 0.1) is 0 Å². The Morgan fingerprint density at radius 2 is 2.05 bits per heavy atom. The summed E-state index contributed by atoms with van der Waals surface area (Å²) in [7, 11) is 1.57. The van der Waals surface area contributed by atoms with Crippen LogP contribution in [0.15, 0.2) is 18.2 Å². The van der Waals surface area contributed by atoms with Gasteiger partial charge in [-0.15, -0.1) is 0 Å². The minimum atomic E-state index is -0.821. The van der Waals surface area contributed by atoms with Crippen molar-refractivity contribution in [3.8, 4) is 11.5 Å². The number of aromatic hydroxyl groups is 1. The second-order valence-electron chi connectivity index (χ2n) is 4.88. The smallest absolute Gasteiger partial charge is 0.304 e. The molecule has 2 N–H and O–H groups in total. The molecule has 2 atom stereocenters. The molecule has 1 aromatic rings. The number of methoxy groups -OCH3 is 1. The van der Waals surface area contributed by atoms with E-state index in [1.807, 2.05) is 25.7 Å². The van der Waals surface area contributed by atoms with Gasteiger partial charge in [0.15, 0.2) is 0 Å². The first-order chi connectivity index (χ1) is 9.40. The second kappa shape index (κ2) is 7.14. The maximum Gasteiger partial charge on any atom is 0.304 e. The predicted octanol–water partition coefficient (Wildman–Crippen LogP) is 2.65. The Balaban J connectivity index is 3.01. The van der Waals surface area contributed by atoms with Crippen LogP contribution in [0.1, 0.15) is 38.8 Å². The van der Waals surface area contributed by atoms with E-state index in [-0.39, 0.29) is 24.3 Å². The van der Waals surface area contributed by atoms with Crippen LogP contribution >= 0.6 is 0 Å². The van der Waals surface area contributed by atoms with Gasteiger partial charge in [0.1, 0.15) is 11.5 Å². The first-order valence-electron chi connectivity index (χ1n) is 6.75. The molecule has 0 aliphatic rings. The number of carboxylic acids is 1. The number of aliphatic carboxylic acids is 1. The molecule has 0 bridgehead atoms.